The summed E-state index contributed by atoms with van der Waals surface area (Å²) < 4.78 is 0. The van der Waals surface area contributed by atoms with Gasteiger partial charge in [-0.3, -0.25) is 4.98 Å². The molecule has 2 heterocycles. The van der Waals surface area contributed by atoms with Crippen molar-refractivity contribution in [1.82, 2.24) is 15.0 Å². The lowest BCUT2D eigenvalue weighted by molar-refractivity contribution is 0.345. The fourth-order valence-corrected chi connectivity index (χ4v) is 3.03. The van der Waals surface area contributed by atoms with Gasteiger partial charge in [-0.05, 0) is 44.4 Å². The molecule has 24 heavy (non-hydrogen) atoms. The SMILES string of the molecule is Cc1cc(C)nc(CN(C)c2cc(C3CC(N)C3)ncn2)c1.Cl.Cl. The molecule has 0 saturated heterocycles. The molecule has 0 amide bonds. The summed E-state index contributed by atoms with van der Waals surface area (Å²) in [5.74, 6) is 1.43. The van der Waals surface area contributed by atoms with Gasteiger partial charge in [0.2, 0.25) is 0 Å². The van der Waals surface area contributed by atoms with Crippen molar-refractivity contribution in [3.8, 4) is 0 Å². The van der Waals surface area contributed by atoms with Gasteiger partial charge < -0.3 is 10.6 Å². The van der Waals surface area contributed by atoms with Crippen LogP contribution in [0.5, 0.6) is 0 Å². The molecule has 0 unspecified atom stereocenters. The standard InChI is InChI=1S/C17H23N5.2ClH/c1-11-4-12(2)21-15(5-11)9-22(3)17-8-16(19-10-20-17)13-6-14(18)7-13;;/h4-5,8,10,13-14H,6-7,9,18H2,1-3H3;2*1H. The number of hydrogen-bond donors (Lipinski definition) is 1. The molecule has 0 aliphatic heterocycles. The van der Waals surface area contributed by atoms with Crippen molar-refractivity contribution in [2.45, 2.75) is 45.2 Å². The molecule has 2 aromatic rings. The van der Waals surface area contributed by atoms with Gasteiger partial charge in [-0.2, -0.15) is 0 Å². The Morgan fingerprint density at radius 3 is 2.46 bits per heavy atom. The molecule has 3 rings (SSSR count). The van der Waals surface area contributed by atoms with Crippen LogP contribution in [-0.2, 0) is 6.54 Å². The van der Waals surface area contributed by atoms with Crippen LogP contribution in [0.15, 0.2) is 24.5 Å². The lowest BCUT2D eigenvalue weighted by Gasteiger charge is -2.32. The first-order chi connectivity index (χ1) is 10.5. The molecular weight excluding hydrogens is 345 g/mol. The maximum absolute atomic E-state index is 5.87. The van der Waals surface area contributed by atoms with Crippen molar-refractivity contribution in [3.63, 3.8) is 0 Å². The number of rotatable bonds is 4. The van der Waals surface area contributed by atoms with E-state index in [0.717, 1.165) is 42.3 Å². The molecule has 7 heteroatoms. The van der Waals surface area contributed by atoms with E-state index in [2.05, 4.69) is 45.0 Å². The highest BCUT2D eigenvalue weighted by Gasteiger charge is 2.28. The zero-order valence-electron chi connectivity index (χ0n) is 14.3. The van der Waals surface area contributed by atoms with Gasteiger partial charge in [0.05, 0.1) is 12.2 Å². The number of hydrogen-bond acceptors (Lipinski definition) is 5. The molecule has 2 aromatic heterocycles. The number of nitrogens with two attached hydrogens (primary N) is 1. The van der Waals surface area contributed by atoms with Crippen LogP contribution >= 0.6 is 24.8 Å². The third-order valence-electron chi connectivity index (χ3n) is 4.21. The highest BCUT2D eigenvalue weighted by Crippen LogP contribution is 2.35. The summed E-state index contributed by atoms with van der Waals surface area (Å²) in [5, 5.41) is 0. The minimum Gasteiger partial charge on any atom is -0.354 e. The normalized spacial score (nSPS) is 18.8. The Morgan fingerprint density at radius 2 is 1.83 bits per heavy atom. The highest BCUT2D eigenvalue weighted by molar-refractivity contribution is 5.85. The average Bonchev–Trinajstić information content (AvgIpc) is 2.43. The number of nitrogens with zero attached hydrogens (tertiary/aromatic N) is 4. The van der Waals surface area contributed by atoms with E-state index in [4.69, 9.17) is 5.73 Å². The molecule has 0 bridgehead atoms. The van der Waals surface area contributed by atoms with Crippen LogP contribution in [0.25, 0.3) is 0 Å². The van der Waals surface area contributed by atoms with E-state index >= 15 is 0 Å². The average molecular weight is 370 g/mol. The smallest absolute Gasteiger partial charge is 0.132 e. The van der Waals surface area contributed by atoms with E-state index < -0.39 is 0 Å². The van der Waals surface area contributed by atoms with Gasteiger partial charge in [0.15, 0.2) is 0 Å². The molecule has 0 spiro atoms. The van der Waals surface area contributed by atoms with E-state index in [1.54, 1.807) is 6.33 Å². The summed E-state index contributed by atoms with van der Waals surface area (Å²) in [4.78, 5) is 15.5. The molecular formula is C17H25Cl2N5. The van der Waals surface area contributed by atoms with E-state index in [9.17, 15) is 0 Å². The van der Waals surface area contributed by atoms with Gasteiger partial charge in [-0.25, -0.2) is 9.97 Å². The summed E-state index contributed by atoms with van der Waals surface area (Å²) >= 11 is 0. The lowest BCUT2D eigenvalue weighted by atomic mass is 9.78. The summed E-state index contributed by atoms with van der Waals surface area (Å²) in [6.07, 6.45) is 3.71. The van der Waals surface area contributed by atoms with E-state index in [0.29, 0.717) is 12.0 Å². The van der Waals surface area contributed by atoms with Gasteiger partial charge in [0.1, 0.15) is 12.1 Å². The quantitative estimate of drug-likeness (QED) is 0.895. The second-order valence-electron chi connectivity index (χ2n) is 6.36. The molecule has 1 saturated carbocycles. The Labute approximate surface area is 155 Å². The lowest BCUT2D eigenvalue weighted by Crippen LogP contribution is -2.35. The van der Waals surface area contributed by atoms with E-state index in [1.165, 1.54) is 5.56 Å². The Bertz CT molecular complexity index is 654. The Balaban J connectivity index is 0.00000144. The van der Waals surface area contributed by atoms with Crippen LogP contribution in [0.2, 0.25) is 0 Å². The minimum atomic E-state index is 0. The first kappa shape index (κ1) is 20.6. The van der Waals surface area contributed by atoms with Gasteiger partial charge in [0.25, 0.3) is 0 Å². The fourth-order valence-electron chi connectivity index (χ4n) is 3.03. The molecule has 1 aliphatic rings. The Hall–Kier alpha value is -1.43. The highest BCUT2D eigenvalue weighted by atomic mass is 35.5. The molecule has 1 aliphatic carbocycles. The van der Waals surface area contributed by atoms with Gasteiger partial charge in [0, 0.05) is 36.5 Å². The number of halogens is 2. The molecule has 2 N–H and O–H groups in total. The second kappa shape index (κ2) is 8.60. The largest absolute Gasteiger partial charge is 0.354 e. The van der Waals surface area contributed by atoms with Crippen LogP contribution in [-0.4, -0.2) is 28.0 Å². The third-order valence-corrected chi connectivity index (χ3v) is 4.21. The molecule has 1 fully saturated rings. The van der Waals surface area contributed by atoms with Crippen molar-refractivity contribution in [2.24, 2.45) is 5.73 Å². The van der Waals surface area contributed by atoms with Crippen molar-refractivity contribution < 1.29 is 0 Å². The number of pyridine rings is 1. The van der Waals surface area contributed by atoms with Gasteiger partial charge >= 0.3 is 0 Å². The van der Waals surface area contributed by atoms with Crippen molar-refractivity contribution in [3.05, 3.63) is 47.2 Å². The van der Waals surface area contributed by atoms with E-state index in [1.807, 2.05) is 14.0 Å². The van der Waals surface area contributed by atoms with Crippen molar-refractivity contribution >= 4 is 30.6 Å². The molecule has 5 nitrogen and oxygen atoms in total. The maximum Gasteiger partial charge on any atom is 0.132 e. The summed E-state index contributed by atoms with van der Waals surface area (Å²) in [7, 11) is 2.04. The summed E-state index contributed by atoms with van der Waals surface area (Å²) in [6.45, 7) is 4.86. The Morgan fingerprint density at radius 1 is 1.12 bits per heavy atom. The number of aryl methyl sites for hydroxylation is 2. The van der Waals surface area contributed by atoms with E-state index in [-0.39, 0.29) is 24.8 Å². The molecule has 0 aromatic carbocycles. The van der Waals surface area contributed by atoms with Crippen molar-refractivity contribution in [1.29, 1.82) is 0 Å². The third kappa shape index (κ3) is 4.79. The second-order valence-corrected chi connectivity index (χ2v) is 6.36. The summed E-state index contributed by atoms with van der Waals surface area (Å²) in [5.41, 5.74) is 10.3. The van der Waals surface area contributed by atoms with Crippen LogP contribution in [0.1, 0.15) is 41.4 Å². The van der Waals surface area contributed by atoms with Gasteiger partial charge in [-0.15, -0.1) is 24.8 Å². The zero-order chi connectivity index (χ0) is 15.7. The topological polar surface area (TPSA) is 67.9 Å². The zero-order valence-corrected chi connectivity index (χ0v) is 15.9. The first-order valence-corrected chi connectivity index (χ1v) is 7.74. The fraction of sp³-hybridized carbons (Fsp3) is 0.471. The first-order valence-electron chi connectivity index (χ1n) is 7.74. The molecule has 0 atom stereocenters. The molecule has 0 radical (unpaired) electrons. The van der Waals surface area contributed by atoms with Crippen LogP contribution in [0, 0.1) is 13.8 Å². The Kier molecular flexibility index (Phi) is 7.39. The predicted molar refractivity (Wildman–Crippen MR) is 102 cm³/mol. The van der Waals surface area contributed by atoms with Crippen LogP contribution < -0.4 is 10.6 Å². The summed E-state index contributed by atoms with van der Waals surface area (Å²) in [6, 6.07) is 6.63. The predicted octanol–water partition coefficient (Wildman–Crippen LogP) is 3.17. The number of anilines is 1. The number of aromatic nitrogens is 3. The molecule has 132 valence electrons. The van der Waals surface area contributed by atoms with Crippen LogP contribution in [0.4, 0.5) is 5.82 Å². The van der Waals surface area contributed by atoms with Gasteiger partial charge in [-0.1, -0.05) is 0 Å². The minimum absolute atomic E-state index is 0. The maximum atomic E-state index is 5.87. The monoisotopic (exact) mass is 369 g/mol. The van der Waals surface area contributed by atoms with Crippen molar-refractivity contribution in [2.75, 3.05) is 11.9 Å². The van der Waals surface area contributed by atoms with Crippen LogP contribution in [0.3, 0.4) is 0 Å².